The van der Waals surface area contributed by atoms with E-state index in [0.29, 0.717) is 25.4 Å². The van der Waals surface area contributed by atoms with E-state index in [9.17, 15) is 21.6 Å². The predicted octanol–water partition coefficient (Wildman–Crippen LogP) is 3.41. The van der Waals surface area contributed by atoms with Crippen molar-refractivity contribution in [3.63, 3.8) is 0 Å². The Morgan fingerprint density at radius 3 is 2.36 bits per heavy atom. The van der Waals surface area contributed by atoms with Crippen molar-refractivity contribution in [3.8, 4) is 5.75 Å². The Labute approximate surface area is 145 Å². The first kappa shape index (κ1) is 20.0. The number of para-hydroxylation sites is 1. The number of nitrogens with zero attached hydrogens (tertiary/aromatic N) is 1. The smallest absolute Gasteiger partial charge is 0.404 e. The molecule has 1 aromatic rings. The third-order valence-electron chi connectivity index (χ3n) is 3.76. The minimum absolute atomic E-state index is 0.0319. The monoisotopic (exact) mass is 381 g/mol. The summed E-state index contributed by atoms with van der Waals surface area (Å²) in [6.07, 6.45) is -3.97. The van der Waals surface area contributed by atoms with Gasteiger partial charge in [0.15, 0.2) is 0 Å². The van der Waals surface area contributed by atoms with E-state index < -0.39 is 27.0 Å². The summed E-state index contributed by atoms with van der Waals surface area (Å²) in [5, 5.41) is 0. The minimum atomic E-state index is -4.96. The van der Waals surface area contributed by atoms with Gasteiger partial charge in [0, 0.05) is 19.7 Å². The van der Waals surface area contributed by atoms with E-state index in [1.807, 2.05) is 13.8 Å². The molecule has 0 bridgehead atoms. The van der Waals surface area contributed by atoms with Gasteiger partial charge in [0.25, 0.3) is 0 Å². The number of alkyl halides is 3. The third-order valence-corrected chi connectivity index (χ3v) is 5.70. The lowest BCUT2D eigenvalue weighted by atomic mass is 10.1. The average Bonchev–Trinajstić information content (AvgIpc) is 2.52. The second kappa shape index (κ2) is 7.92. The molecule has 0 N–H and O–H groups in total. The quantitative estimate of drug-likeness (QED) is 0.758. The number of hydrogen-bond acceptors (Lipinski definition) is 4. The van der Waals surface area contributed by atoms with Crippen molar-refractivity contribution in [1.29, 1.82) is 0 Å². The first-order chi connectivity index (χ1) is 11.6. The van der Waals surface area contributed by atoms with Gasteiger partial charge in [0.1, 0.15) is 10.6 Å². The van der Waals surface area contributed by atoms with Crippen LogP contribution in [0, 0.1) is 5.92 Å². The highest BCUT2D eigenvalue weighted by Crippen LogP contribution is 2.32. The van der Waals surface area contributed by atoms with Crippen molar-refractivity contribution in [1.82, 2.24) is 4.31 Å². The number of ether oxygens (including phenoxy) is 2. The van der Waals surface area contributed by atoms with Crippen LogP contribution in [0.2, 0.25) is 0 Å². The number of piperidine rings is 1. The van der Waals surface area contributed by atoms with Crippen molar-refractivity contribution >= 4 is 10.0 Å². The summed E-state index contributed by atoms with van der Waals surface area (Å²) >= 11 is 0. The zero-order chi connectivity index (χ0) is 18.7. The number of halogens is 3. The van der Waals surface area contributed by atoms with E-state index in [1.165, 1.54) is 16.4 Å². The fourth-order valence-corrected chi connectivity index (χ4v) is 4.16. The first-order valence-electron chi connectivity index (χ1n) is 8.06. The lowest BCUT2D eigenvalue weighted by molar-refractivity contribution is -0.275. The maximum absolute atomic E-state index is 12.7. The van der Waals surface area contributed by atoms with Gasteiger partial charge in [-0.2, -0.15) is 4.31 Å². The van der Waals surface area contributed by atoms with Crippen molar-refractivity contribution in [2.24, 2.45) is 5.92 Å². The Balaban J connectivity index is 2.10. The van der Waals surface area contributed by atoms with E-state index in [-0.39, 0.29) is 19.2 Å². The number of hydrogen-bond donors (Lipinski definition) is 0. The van der Waals surface area contributed by atoms with E-state index >= 15 is 0 Å². The van der Waals surface area contributed by atoms with E-state index in [2.05, 4.69) is 4.74 Å². The van der Waals surface area contributed by atoms with Gasteiger partial charge in [-0.1, -0.05) is 26.0 Å². The fraction of sp³-hybridized carbons (Fsp3) is 0.625. The van der Waals surface area contributed by atoms with Crippen molar-refractivity contribution < 1.29 is 31.1 Å². The Hall–Kier alpha value is -1.32. The van der Waals surface area contributed by atoms with Gasteiger partial charge in [-0.05, 0) is 30.9 Å². The second-order valence-electron chi connectivity index (χ2n) is 6.33. The molecule has 1 saturated heterocycles. The van der Waals surface area contributed by atoms with Gasteiger partial charge in [-0.3, -0.25) is 0 Å². The molecule has 5 nitrogen and oxygen atoms in total. The zero-order valence-electron chi connectivity index (χ0n) is 14.1. The molecule has 1 heterocycles. The van der Waals surface area contributed by atoms with Gasteiger partial charge >= 0.3 is 6.36 Å². The van der Waals surface area contributed by atoms with Crippen molar-refractivity contribution in [3.05, 3.63) is 24.3 Å². The molecular weight excluding hydrogens is 359 g/mol. The highest BCUT2D eigenvalue weighted by atomic mass is 32.2. The van der Waals surface area contributed by atoms with Crippen LogP contribution in [0.5, 0.6) is 5.75 Å². The van der Waals surface area contributed by atoms with Gasteiger partial charge in [-0.25, -0.2) is 8.42 Å². The molecule has 0 atom stereocenters. The van der Waals surface area contributed by atoms with Gasteiger partial charge in [0.2, 0.25) is 10.0 Å². The van der Waals surface area contributed by atoms with E-state index in [0.717, 1.165) is 12.1 Å². The lowest BCUT2D eigenvalue weighted by Gasteiger charge is -2.31. The van der Waals surface area contributed by atoms with Gasteiger partial charge < -0.3 is 9.47 Å². The van der Waals surface area contributed by atoms with Crippen molar-refractivity contribution in [2.75, 3.05) is 19.7 Å². The number of sulfonamides is 1. The summed E-state index contributed by atoms with van der Waals surface area (Å²) in [7, 11) is -4.07. The van der Waals surface area contributed by atoms with Crippen LogP contribution in [-0.4, -0.2) is 44.9 Å². The van der Waals surface area contributed by atoms with Crippen molar-refractivity contribution in [2.45, 2.75) is 44.1 Å². The average molecular weight is 381 g/mol. The van der Waals surface area contributed by atoms with Crippen LogP contribution in [0.25, 0.3) is 0 Å². The van der Waals surface area contributed by atoms with Gasteiger partial charge in [-0.15, -0.1) is 13.2 Å². The molecule has 0 radical (unpaired) electrons. The van der Waals surface area contributed by atoms with Crippen LogP contribution in [0.15, 0.2) is 29.2 Å². The number of rotatable bonds is 6. The van der Waals surface area contributed by atoms with Crippen LogP contribution in [-0.2, 0) is 14.8 Å². The Morgan fingerprint density at radius 1 is 1.20 bits per heavy atom. The largest absolute Gasteiger partial charge is 0.573 e. The molecular formula is C16H22F3NO4S. The van der Waals surface area contributed by atoms with E-state index in [4.69, 9.17) is 4.74 Å². The molecule has 1 fully saturated rings. The summed E-state index contributed by atoms with van der Waals surface area (Å²) in [6.45, 7) is 5.05. The Kier molecular flexibility index (Phi) is 6.34. The molecule has 25 heavy (non-hydrogen) atoms. The molecule has 1 aliphatic rings. The maximum atomic E-state index is 12.7. The zero-order valence-corrected chi connectivity index (χ0v) is 14.9. The summed E-state index contributed by atoms with van der Waals surface area (Å²) < 4.78 is 73.7. The Bertz CT molecular complexity index is 668. The molecule has 0 aromatic heterocycles. The lowest BCUT2D eigenvalue weighted by Crippen LogP contribution is -2.41. The molecule has 142 valence electrons. The molecule has 1 aromatic carbocycles. The SMILES string of the molecule is CC(C)COC1CCN(S(=O)(=O)c2ccccc2OC(F)(F)F)CC1. The predicted molar refractivity (Wildman–Crippen MR) is 85.7 cm³/mol. The van der Waals surface area contributed by atoms with Gasteiger partial charge in [0.05, 0.1) is 6.10 Å². The Morgan fingerprint density at radius 2 is 1.80 bits per heavy atom. The minimum Gasteiger partial charge on any atom is -0.404 e. The molecule has 0 unspecified atom stereocenters. The topological polar surface area (TPSA) is 55.8 Å². The molecule has 0 aliphatic carbocycles. The first-order valence-corrected chi connectivity index (χ1v) is 9.50. The van der Waals surface area contributed by atoms with Crippen LogP contribution in [0.4, 0.5) is 13.2 Å². The van der Waals surface area contributed by atoms with Crippen LogP contribution >= 0.6 is 0 Å². The van der Waals surface area contributed by atoms with Crippen LogP contribution in [0.3, 0.4) is 0 Å². The molecule has 0 saturated carbocycles. The standard InChI is InChI=1S/C16H22F3NO4S/c1-12(2)11-23-13-7-9-20(10-8-13)25(21,22)15-6-4-3-5-14(15)24-16(17,18)19/h3-6,12-13H,7-11H2,1-2H3. The molecule has 9 heteroatoms. The maximum Gasteiger partial charge on any atom is 0.573 e. The normalized spacial score (nSPS) is 17.8. The fourth-order valence-electron chi connectivity index (χ4n) is 2.58. The highest BCUT2D eigenvalue weighted by Gasteiger charge is 2.36. The molecule has 1 aliphatic heterocycles. The summed E-state index contributed by atoms with van der Waals surface area (Å²) in [6, 6.07) is 4.79. The summed E-state index contributed by atoms with van der Waals surface area (Å²) in [4.78, 5) is -0.478. The van der Waals surface area contributed by atoms with Crippen LogP contribution in [0.1, 0.15) is 26.7 Å². The molecule has 2 rings (SSSR count). The highest BCUT2D eigenvalue weighted by molar-refractivity contribution is 7.89. The second-order valence-corrected chi connectivity index (χ2v) is 8.23. The molecule has 0 amide bonds. The summed E-state index contributed by atoms with van der Waals surface area (Å²) in [5.74, 6) is -0.332. The molecule has 0 spiro atoms. The van der Waals surface area contributed by atoms with E-state index in [1.54, 1.807) is 0 Å². The summed E-state index contributed by atoms with van der Waals surface area (Å²) in [5.41, 5.74) is 0. The third kappa shape index (κ3) is 5.58. The van der Waals surface area contributed by atoms with Crippen LogP contribution < -0.4 is 4.74 Å². The number of benzene rings is 1.